The fourth-order valence-electron chi connectivity index (χ4n) is 0.691. The molecule has 0 spiro atoms. The average Bonchev–Trinajstić information content (AvgIpc) is 2.33. The third-order valence-electron chi connectivity index (χ3n) is 1.10. The maximum atomic E-state index is 4.04. The van der Waals surface area contributed by atoms with Crippen LogP contribution in [0.4, 0.5) is 0 Å². The van der Waals surface area contributed by atoms with Crippen molar-refractivity contribution in [2.75, 3.05) is 0 Å². The van der Waals surface area contributed by atoms with Crippen molar-refractivity contribution in [1.29, 1.82) is 0 Å². The fourth-order valence-corrected chi connectivity index (χ4v) is 1.27. The molecule has 0 aliphatic carbocycles. The zero-order valence-electron chi connectivity index (χ0n) is 4.57. The predicted molar refractivity (Wildman–Crippen MR) is 36.4 cm³/mol. The Bertz CT molecular complexity index is 286. The first-order valence-electron chi connectivity index (χ1n) is 2.56. The highest BCUT2D eigenvalue weighted by Crippen LogP contribution is 2.09. The van der Waals surface area contributed by atoms with Crippen LogP contribution in [0.1, 0.15) is 0 Å². The van der Waals surface area contributed by atoms with Gasteiger partial charge in [-0.1, -0.05) is 8.19 Å². The molecule has 9 heavy (non-hydrogen) atoms. The number of imidazole rings is 1. The van der Waals surface area contributed by atoms with Gasteiger partial charge in [-0.15, -0.1) is 0 Å². The van der Waals surface area contributed by atoms with Crippen molar-refractivity contribution in [3.63, 3.8) is 0 Å². The Morgan fingerprint density at radius 2 is 2.44 bits per heavy atom. The van der Waals surface area contributed by atoms with E-state index in [1.165, 1.54) is 0 Å². The molecule has 0 aromatic carbocycles. The summed E-state index contributed by atoms with van der Waals surface area (Å²) in [6.45, 7) is 0. The Hall–Kier alpha value is -0.950. The van der Waals surface area contributed by atoms with E-state index in [0.717, 1.165) is 19.4 Å². The summed E-state index contributed by atoms with van der Waals surface area (Å²) in [6.07, 6.45) is 1.65. The van der Waals surface area contributed by atoms with E-state index in [1.54, 1.807) is 6.33 Å². The minimum Gasteiger partial charge on any atom is -0.343 e. The maximum absolute atomic E-state index is 4.04. The van der Waals surface area contributed by atoms with Crippen molar-refractivity contribution < 1.29 is 0 Å². The summed E-state index contributed by atoms with van der Waals surface area (Å²) in [4.78, 5) is 11.0. The molecule has 0 amide bonds. The molecule has 44 valence electrons. The normalized spacial score (nSPS) is 11.1. The molecule has 0 fully saturated rings. The van der Waals surface area contributed by atoms with Crippen molar-refractivity contribution in [2.45, 2.75) is 0 Å². The average molecular weight is 137 g/mol. The highest BCUT2D eigenvalue weighted by atomic mass is 31.0. The van der Waals surface area contributed by atoms with E-state index < -0.39 is 0 Å². The molecule has 0 saturated carbocycles. The molecular weight excluding hydrogens is 133 g/mol. The summed E-state index contributed by atoms with van der Waals surface area (Å²) in [7, 11) is 1.13. The zero-order chi connectivity index (χ0) is 6.10. The first kappa shape index (κ1) is 4.89. The summed E-state index contributed by atoms with van der Waals surface area (Å²) in [5.74, 6) is 3.86. The fraction of sp³-hybridized carbons (Fsp3) is 0. The van der Waals surface area contributed by atoms with Gasteiger partial charge >= 0.3 is 0 Å². The number of nitrogens with one attached hydrogen (secondary N) is 1. The van der Waals surface area contributed by atoms with Crippen LogP contribution in [0.2, 0.25) is 0 Å². The number of H-pyrrole nitrogens is 1. The van der Waals surface area contributed by atoms with E-state index in [0.29, 0.717) is 0 Å². The van der Waals surface area contributed by atoms with Gasteiger partial charge in [0.05, 0.1) is 17.8 Å². The molecule has 0 unspecified atom stereocenters. The minimum atomic E-state index is 0.800. The van der Waals surface area contributed by atoms with Crippen LogP contribution >= 0.6 is 8.19 Å². The van der Waals surface area contributed by atoms with Gasteiger partial charge in [-0.05, 0) is 5.80 Å². The molecule has 2 aromatic heterocycles. The summed E-state index contributed by atoms with van der Waals surface area (Å²) in [6, 6.07) is 0. The molecule has 3 nitrogen and oxygen atoms in total. The van der Waals surface area contributed by atoms with Crippen LogP contribution < -0.4 is 0 Å². The summed E-state index contributed by atoms with van der Waals surface area (Å²) < 4.78 is 0. The third-order valence-corrected chi connectivity index (χ3v) is 1.75. The van der Waals surface area contributed by atoms with Gasteiger partial charge in [0.15, 0.2) is 5.65 Å². The number of fused-ring (bicyclic) bond motifs is 1. The van der Waals surface area contributed by atoms with Crippen molar-refractivity contribution in [2.24, 2.45) is 0 Å². The second-order valence-corrected chi connectivity index (χ2v) is 2.45. The SMILES string of the molecule is c1nc2ncpcc2[nH]1. The van der Waals surface area contributed by atoms with Gasteiger partial charge in [-0.2, -0.15) is 0 Å². The first-order chi connectivity index (χ1) is 4.47. The molecule has 2 rings (SSSR count). The second kappa shape index (κ2) is 1.78. The quantitative estimate of drug-likeness (QED) is 0.598. The summed E-state index contributed by atoms with van der Waals surface area (Å²) >= 11 is 0. The molecule has 4 heteroatoms. The lowest BCUT2D eigenvalue weighted by atomic mass is 10.6. The molecule has 0 aliphatic rings. The van der Waals surface area contributed by atoms with E-state index in [4.69, 9.17) is 0 Å². The molecule has 2 heterocycles. The monoisotopic (exact) mass is 137 g/mol. The summed E-state index contributed by atoms with van der Waals surface area (Å²) in [5.41, 5.74) is 1.83. The van der Waals surface area contributed by atoms with Gasteiger partial charge in [-0.3, -0.25) is 0 Å². The predicted octanol–water partition coefficient (Wildman–Crippen LogP) is 1.54. The van der Waals surface area contributed by atoms with Gasteiger partial charge in [0.1, 0.15) is 0 Å². The minimum absolute atomic E-state index is 0.800. The Labute approximate surface area is 53.3 Å². The van der Waals surface area contributed by atoms with E-state index in [-0.39, 0.29) is 0 Å². The van der Waals surface area contributed by atoms with Crippen molar-refractivity contribution >= 4 is 19.4 Å². The number of aromatic nitrogens is 3. The lowest BCUT2D eigenvalue weighted by Gasteiger charge is -1.80. The van der Waals surface area contributed by atoms with Crippen LogP contribution in [0.3, 0.4) is 0 Å². The van der Waals surface area contributed by atoms with E-state index in [9.17, 15) is 0 Å². The Morgan fingerprint density at radius 1 is 1.44 bits per heavy atom. The van der Waals surface area contributed by atoms with Crippen LogP contribution in [-0.2, 0) is 0 Å². The lowest BCUT2D eigenvalue weighted by Crippen LogP contribution is -1.68. The molecule has 0 radical (unpaired) electrons. The van der Waals surface area contributed by atoms with Crippen molar-refractivity contribution in [3.05, 3.63) is 18.1 Å². The topological polar surface area (TPSA) is 41.6 Å². The molecule has 0 saturated heterocycles. The standard InChI is InChI=1S/C5H4N3P/c1-4-5(7-2-6-4)8-3-9-1/h1-3H,(H,6,7,8). The molecule has 2 aromatic rings. The number of nitrogens with zero attached hydrogens (tertiary/aromatic N) is 2. The van der Waals surface area contributed by atoms with E-state index in [2.05, 4.69) is 15.0 Å². The van der Waals surface area contributed by atoms with Gasteiger partial charge in [0, 0.05) is 0 Å². The highest BCUT2D eigenvalue weighted by Gasteiger charge is 1.90. The lowest BCUT2D eigenvalue weighted by molar-refractivity contribution is 1.31. The van der Waals surface area contributed by atoms with Crippen LogP contribution in [-0.4, -0.2) is 15.0 Å². The molecule has 1 N–H and O–H groups in total. The van der Waals surface area contributed by atoms with E-state index >= 15 is 0 Å². The van der Waals surface area contributed by atoms with Gasteiger partial charge < -0.3 is 4.98 Å². The molecule has 0 bridgehead atoms. The second-order valence-electron chi connectivity index (χ2n) is 1.66. The van der Waals surface area contributed by atoms with Gasteiger partial charge in [0.25, 0.3) is 0 Å². The van der Waals surface area contributed by atoms with Crippen LogP contribution in [0.5, 0.6) is 0 Å². The zero-order valence-corrected chi connectivity index (χ0v) is 5.47. The highest BCUT2D eigenvalue weighted by molar-refractivity contribution is 7.28. The number of hydrogen-bond donors (Lipinski definition) is 1. The summed E-state index contributed by atoms with van der Waals surface area (Å²) in [5, 5.41) is 0. The third kappa shape index (κ3) is 0.698. The Balaban J connectivity index is 2.95. The Morgan fingerprint density at radius 3 is 3.33 bits per heavy atom. The smallest absolute Gasteiger partial charge is 0.178 e. The number of aromatic amines is 1. The van der Waals surface area contributed by atoms with Crippen molar-refractivity contribution in [3.8, 4) is 0 Å². The largest absolute Gasteiger partial charge is 0.343 e. The van der Waals surface area contributed by atoms with Crippen molar-refractivity contribution in [1.82, 2.24) is 15.0 Å². The number of rotatable bonds is 0. The Kier molecular flexibility index (Phi) is 0.965. The molecule has 0 atom stereocenters. The van der Waals surface area contributed by atoms with Crippen LogP contribution in [0, 0.1) is 0 Å². The van der Waals surface area contributed by atoms with Gasteiger partial charge in [0.2, 0.25) is 0 Å². The van der Waals surface area contributed by atoms with Crippen LogP contribution in [0.15, 0.2) is 18.1 Å². The molecular formula is C5H4N3P. The van der Waals surface area contributed by atoms with Gasteiger partial charge in [-0.25, -0.2) is 9.97 Å². The van der Waals surface area contributed by atoms with E-state index in [1.807, 2.05) is 11.7 Å². The number of hydrogen-bond acceptors (Lipinski definition) is 2. The van der Waals surface area contributed by atoms with Crippen LogP contribution in [0.25, 0.3) is 11.2 Å². The maximum Gasteiger partial charge on any atom is 0.178 e. The molecule has 0 aliphatic heterocycles. The first-order valence-corrected chi connectivity index (χ1v) is 3.59.